The zero-order valence-corrected chi connectivity index (χ0v) is 9.41. The van der Waals surface area contributed by atoms with Crippen LogP contribution in [0.2, 0.25) is 0 Å². The maximum absolute atomic E-state index is 5.13. The minimum atomic E-state index is 0.826. The number of rotatable bonds is 5. The second-order valence-corrected chi connectivity index (χ2v) is 4.37. The van der Waals surface area contributed by atoms with E-state index in [0.717, 1.165) is 30.0 Å². The summed E-state index contributed by atoms with van der Waals surface area (Å²) in [6, 6.07) is 0. The van der Waals surface area contributed by atoms with Gasteiger partial charge < -0.3 is 10.6 Å². The Morgan fingerprint density at radius 2 is 2.15 bits per heavy atom. The summed E-state index contributed by atoms with van der Waals surface area (Å²) in [6.07, 6.45) is 3.78. The lowest BCUT2D eigenvalue weighted by atomic mass is 10.3. The fourth-order valence-corrected chi connectivity index (χ4v) is 1.53. The molecule has 0 spiro atoms. The van der Waals surface area contributed by atoms with E-state index in [9.17, 15) is 0 Å². The van der Waals surface area contributed by atoms with Crippen LogP contribution in [0.1, 0.15) is 33.1 Å². The third-order valence-electron chi connectivity index (χ3n) is 2.62. The Morgan fingerprint density at radius 1 is 1.46 bits per heavy atom. The van der Waals surface area contributed by atoms with Crippen LogP contribution < -0.4 is 10.6 Å². The molecule has 0 aromatic rings. The van der Waals surface area contributed by atoms with Crippen molar-refractivity contribution in [2.24, 2.45) is 11.8 Å². The first kappa shape index (κ1) is 10.8. The first-order chi connectivity index (χ1) is 6.24. The Labute approximate surface area is 86.5 Å². The number of unbranched alkanes of at least 4 members (excludes halogenated alkanes) is 1. The minimum absolute atomic E-state index is 0.826. The molecule has 2 unspecified atom stereocenters. The molecule has 0 aromatic carbocycles. The average molecular weight is 200 g/mol. The van der Waals surface area contributed by atoms with Crippen molar-refractivity contribution in [2.45, 2.75) is 33.1 Å². The van der Waals surface area contributed by atoms with E-state index in [0.29, 0.717) is 0 Å². The molecule has 0 aromatic heterocycles. The smallest absolute Gasteiger partial charge is 0.166 e. The van der Waals surface area contributed by atoms with Crippen LogP contribution in [-0.4, -0.2) is 18.2 Å². The van der Waals surface area contributed by atoms with E-state index in [2.05, 4.69) is 24.5 Å². The largest absolute Gasteiger partial charge is 0.363 e. The lowest BCUT2D eigenvalue weighted by Crippen LogP contribution is -2.36. The van der Waals surface area contributed by atoms with Crippen LogP contribution in [0.4, 0.5) is 0 Å². The Kier molecular flexibility index (Phi) is 4.50. The van der Waals surface area contributed by atoms with E-state index >= 15 is 0 Å². The molecule has 2 N–H and O–H groups in total. The quantitative estimate of drug-likeness (QED) is 0.523. The summed E-state index contributed by atoms with van der Waals surface area (Å²) in [5.74, 6) is 1.77. The predicted molar refractivity (Wildman–Crippen MR) is 60.8 cm³/mol. The molecule has 0 radical (unpaired) electrons. The standard InChI is InChI=1S/C10H20N2S/c1-3-4-5-11-10(13)12-7-9-6-8(9)2/h8-9H,3-7H2,1-2H3,(H2,11,12,13). The molecular weight excluding hydrogens is 180 g/mol. The fraction of sp³-hybridized carbons (Fsp3) is 0.900. The van der Waals surface area contributed by atoms with Crippen LogP contribution >= 0.6 is 12.2 Å². The third-order valence-corrected chi connectivity index (χ3v) is 2.91. The zero-order valence-electron chi connectivity index (χ0n) is 8.60. The molecule has 1 aliphatic carbocycles. The highest BCUT2D eigenvalue weighted by atomic mass is 32.1. The van der Waals surface area contributed by atoms with Crippen LogP contribution in [0.3, 0.4) is 0 Å². The van der Waals surface area contributed by atoms with Crippen molar-refractivity contribution in [3.05, 3.63) is 0 Å². The highest BCUT2D eigenvalue weighted by molar-refractivity contribution is 7.80. The molecule has 13 heavy (non-hydrogen) atoms. The molecule has 1 aliphatic rings. The van der Waals surface area contributed by atoms with Crippen molar-refractivity contribution in [3.8, 4) is 0 Å². The predicted octanol–water partition coefficient (Wildman–Crippen LogP) is 1.91. The molecule has 0 amide bonds. The summed E-state index contributed by atoms with van der Waals surface area (Å²) >= 11 is 5.13. The molecule has 76 valence electrons. The van der Waals surface area contributed by atoms with Crippen molar-refractivity contribution >= 4 is 17.3 Å². The molecule has 0 heterocycles. The summed E-state index contributed by atoms with van der Waals surface area (Å²) in [7, 11) is 0. The maximum Gasteiger partial charge on any atom is 0.166 e. The topological polar surface area (TPSA) is 24.1 Å². The van der Waals surface area contributed by atoms with Crippen molar-refractivity contribution in [2.75, 3.05) is 13.1 Å². The van der Waals surface area contributed by atoms with Crippen LogP contribution in [0, 0.1) is 11.8 Å². The summed E-state index contributed by atoms with van der Waals surface area (Å²) in [5, 5.41) is 7.28. The lowest BCUT2D eigenvalue weighted by Gasteiger charge is -2.09. The van der Waals surface area contributed by atoms with Gasteiger partial charge in [-0.2, -0.15) is 0 Å². The van der Waals surface area contributed by atoms with Crippen LogP contribution in [0.15, 0.2) is 0 Å². The zero-order chi connectivity index (χ0) is 9.68. The summed E-state index contributed by atoms with van der Waals surface area (Å²) in [6.45, 7) is 6.53. The molecule has 1 saturated carbocycles. The molecule has 3 heteroatoms. The maximum atomic E-state index is 5.13. The second-order valence-electron chi connectivity index (χ2n) is 3.96. The van der Waals surface area contributed by atoms with E-state index in [1.807, 2.05) is 0 Å². The SMILES string of the molecule is CCCCNC(=S)NCC1CC1C. The van der Waals surface area contributed by atoms with Gasteiger partial charge in [0.2, 0.25) is 0 Å². The molecule has 0 bridgehead atoms. The summed E-state index contributed by atoms with van der Waals surface area (Å²) in [5.41, 5.74) is 0. The van der Waals surface area contributed by atoms with Crippen molar-refractivity contribution < 1.29 is 0 Å². The molecule has 0 saturated heterocycles. The molecule has 2 nitrogen and oxygen atoms in total. The van der Waals surface area contributed by atoms with E-state index in [-0.39, 0.29) is 0 Å². The number of hydrogen-bond donors (Lipinski definition) is 2. The van der Waals surface area contributed by atoms with Gasteiger partial charge in [-0.25, -0.2) is 0 Å². The van der Waals surface area contributed by atoms with Crippen molar-refractivity contribution in [3.63, 3.8) is 0 Å². The molecule has 0 aliphatic heterocycles. The van der Waals surface area contributed by atoms with E-state index < -0.39 is 0 Å². The molecular formula is C10H20N2S. The van der Waals surface area contributed by atoms with Gasteiger partial charge in [-0.15, -0.1) is 0 Å². The van der Waals surface area contributed by atoms with E-state index in [1.54, 1.807) is 0 Å². The van der Waals surface area contributed by atoms with Gasteiger partial charge in [-0.1, -0.05) is 20.3 Å². The number of thiocarbonyl (C=S) groups is 1. The monoisotopic (exact) mass is 200 g/mol. The second kappa shape index (κ2) is 5.43. The Bertz CT molecular complexity index is 170. The van der Waals surface area contributed by atoms with Gasteiger partial charge >= 0.3 is 0 Å². The van der Waals surface area contributed by atoms with E-state index in [4.69, 9.17) is 12.2 Å². The fourth-order valence-electron chi connectivity index (χ4n) is 1.35. The first-order valence-electron chi connectivity index (χ1n) is 5.25. The van der Waals surface area contributed by atoms with Gasteiger partial charge in [-0.05, 0) is 36.9 Å². The highest BCUT2D eigenvalue weighted by Crippen LogP contribution is 2.36. The van der Waals surface area contributed by atoms with Crippen LogP contribution in [-0.2, 0) is 0 Å². The Hall–Kier alpha value is -0.310. The highest BCUT2D eigenvalue weighted by Gasteiger charge is 2.31. The van der Waals surface area contributed by atoms with Crippen molar-refractivity contribution in [1.82, 2.24) is 10.6 Å². The van der Waals surface area contributed by atoms with Gasteiger partial charge in [0, 0.05) is 13.1 Å². The molecule has 1 rings (SSSR count). The normalized spacial score (nSPS) is 25.4. The Morgan fingerprint density at radius 3 is 2.69 bits per heavy atom. The molecule has 1 fully saturated rings. The Balaban J connectivity index is 1.92. The van der Waals surface area contributed by atoms with Crippen molar-refractivity contribution in [1.29, 1.82) is 0 Å². The lowest BCUT2D eigenvalue weighted by molar-refractivity contribution is 0.690. The minimum Gasteiger partial charge on any atom is -0.363 e. The van der Waals surface area contributed by atoms with Gasteiger partial charge in [0.1, 0.15) is 0 Å². The molecule has 2 atom stereocenters. The van der Waals surface area contributed by atoms with E-state index in [1.165, 1.54) is 19.3 Å². The average Bonchev–Trinajstić information content (AvgIpc) is 2.79. The third kappa shape index (κ3) is 4.46. The number of hydrogen-bond acceptors (Lipinski definition) is 1. The number of nitrogens with one attached hydrogen (secondary N) is 2. The van der Waals surface area contributed by atoms with Gasteiger partial charge in [0.05, 0.1) is 0 Å². The van der Waals surface area contributed by atoms with Gasteiger partial charge in [0.15, 0.2) is 5.11 Å². The van der Waals surface area contributed by atoms with Crippen LogP contribution in [0.25, 0.3) is 0 Å². The summed E-state index contributed by atoms with van der Waals surface area (Å²) < 4.78 is 0. The first-order valence-corrected chi connectivity index (χ1v) is 5.66. The van der Waals surface area contributed by atoms with Gasteiger partial charge in [-0.3, -0.25) is 0 Å². The summed E-state index contributed by atoms with van der Waals surface area (Å²) in [4.78, 5) is 0. The van der Waals surface area contributed by atoms with Gasteiger partial charge in [0.25, 0.3) is 0 Å². The van der Waals surface area contributed by atoms with Crippen LogP contribution in [0.5, 0.6) is 0 Å².